The Bertz CT molecular complexity index is 923. The normalized spacial score (nSPS) is 33.3. The molecule has 1 amide bonds. The third-order valence-electron chi connectivity index (χ3n) is 9.64. The Hall–Kier alpha value is -1.70. The summed E-state index contributed by atoms with van der Waals surface area (Å²) in [7, 11) is 0. The van der Waals surface area contributed by atoms with Gasteiger partial charge in [-0.05, 0) is 86.6 Å². The fourth-order valence-electron chi connectivity index (χ4n) is 7.93. The van der Waals surface area contributed by atoms with Crippen LogP contribution in [0.3, 0.4) is 0 Å². The van der Waals surface area contributed by atoms with Gasteiger partial charge in [-0.1, -0.05) is 25.7 Å². The van der Waals surface area contributed by atoms with E-state index in [4.69, 9.17) is 9.26 Å². The standard InChI is InChI=1S/C27H38N2O5S/c30-21(31)14-27(7-4-8-27)15-33-26-24(35-20-5-2-1-3-6-20)23(34-29-26)25(32)28-22-18-10-16-9-17(12-18)13-19(22)11-16/h16-20,22H,1-15H2,(H,28,32)(H,30,31). The van der Waals surface area contributed by atoms with Gasteiger partial charge in [0.2, 0.25) is 5.76 Å². The molecule has 192 valence electrons. The lowest BCUT2D eigenvalue weighted by atomic mass is 9.54. The van der Waals surface area contributed by atoms with Gasteiger partial charge < -0.3 is 19.7 Å². The lowest BCUT2D eigenvalue weighted by Gasteiger charge is -2.54. The predicted molar refractivity (Wildman–Crippen MR) is 132 cm³/mol. The number of ether oxygens (including phenoxy) is 1. The number of amides is 1. The van der Waals surface area contributed by atoms with E-state index >= 15 is 0 Å². The van der Waals surface area contributed by atoms with Crippen LogP contribution < -0.4 is 10.1 Å². The van der Waals surface area contributed by atoms with E-state index in [9.17, 15) is 14.7 Å². The minimum Gasteiger partial charge on any atom is -0.481 e. The van der Waals surface area contributed by atoms with Crippen LogP contribution in [0.25, 0.3) is 0 Å². The molecule has 0 radical (unpaired) electrons. The molecular weight excluding hydrogens is 464 g/mol. The van der Waals surface area contributed by atoms with Crippen molar-refractivity contribution in [3.8, 4) is 5.88 Å². The molecule has 1 aromatic rings. The molecule has 0 spiro atoms. The number of aromatic nitrogens is 1. The zero-order chi connectivity index (χ0) is 24.0. The number of hydrogen-bond donors (Lipinski definition) is 2. The summed E-state index contributed by atoms with van der Waals surface area (Å²) in [5.41, 5.74) is -0.333. The van der Waals surface area contributed by atoms with Crippen LogP contribution in [-0.4, -0.2) is 40.0 Å². The monoisotopic (exact) mass is 502 g/mol. The Labute approximate surface area is 211 Å². The van der Waals surface area contributed by atoms with Crippen molar-refractivity contribution >= 4 is 23.6 Å². The van der Waals surface area contributed by atoms with Gasteiger partial charge in [-0.3, -0.25) is 9.59 Å². The lowest BCUT2D eigenvalue weighted by Crippen LogP contribution is -2.55. The number of aliphatic carboxylic acids is 1. The number of carbonyl (C=O) groups excluding carboxylic acids is 1. The first-order chi connectivity index (χ1) is 17.0. The first-order valence-electron chi connectivity index (χ1n) is 13.8. The molecule has 0 atom stereocenters. The van der Waals surface area contributed by atoms with E-state index in [0.29, 0.717) is 34.5 Å². The van der Waals surface area contributed by atoms with Gasteiger partial charge in [0.15, 0.2) is 0 Å². The highest BCUT2D eigenvalue weighted by molar-refractivity contribution is 8.00. The molecule has 2 N–H and O–H groups in total. The molecule has 7 rings (SSSR count). The van der Waals surface area contributed by atoms with E-state index in [1.165, 1.54) is 51.4 Å². The van der Waals surface area contributed by atoms with Crippen molar-refractivity contribution < 1.29 is 24.0 Å². The number of carboxylic acid groups (broad SMARTS) is 1. The van der Waals surface area contributed by atoms with Crippen LogP contribution in [0.4, 0.5) is 0 Å². The first kappa shape index (κ1) is 23.7. The highest BCUT2D eigenvalue weighted by Crippen LogP contribution is 2.54. The summed E-state index contributed by atoms with van der Waals surface area (Å²) in [5.74, 6) is 2.61. The van der Waals surface area contributed by atoms with Gasteiger partial charge in [-0.2, -0.15) is 0 Å². The average molecular weight is 503 g/mol. The van der Waals surface area contributed by atoms with E-state index in [-0.39, 0.29) is 29.5 Å². The lowest BCUT2D eigenvalue weighted by molar-refractivity contribution is -0.142. The topological polar surface area (TPSA) is 102 Å². The fraction of sp³-hybridized carbons (Fsp3) is 0.815. The molecular formula is C27H38N2O5S. The van der Waals surface area contributed by atoms with Crippen molar-refractivity contribution in [1.82, 2.24) is 10.5 Å². The Kier molecular flexibility index (Phi) is 6.52. The molecule has 6 aliphatic rings. The van der Waals surface area contributed by atoms with E-state index in [1.807, 2.05) is 0 Å². The number of carboxylic acids is 1. The molecule has 0 saturated heterocycles. The van der Waals surface area contributed by atoms with Gasteiger partial charge in [0, 0.05) is 16.7 Å². The summed E-state index contributed by atoms with van der Waals surface area (Å²) in [5, 5.41) is 17.4. The minimum absolute atomic E-state index is 0.107. The number of carbonyl (C=O) groups is 2. The maximum absolute atomic E-state index is 13.5. The van der Waals surface area contributed by atoms with E-state index in [2.05, 4.69) is 10.5 Å². The highest BCUT2D eigenvalue weighted by Gasteiger charge is 2.49. The van der Waals surface area contributed by atoms with E-state index in [1.54, 1.807) is 11.8 Å². The zero-order valence-corrected chi connectivity index (χ0v) is 21.3. The third-order valence-corrected chi connectivity index (χ3v) is 11.0. The molecule has 6 fully saturated rings. The molecule has 6 aliphatic carbocycles. The summed E-state index contributed by atoms with van der Waals surface area (Å²) in [6.07, 6.45) is 15.1. The fourth-order valence-corrected chi connectivity index (χ4v) is 9.26. The number of nitrogens with zero attached hydrogens (tertiary/aromatic N) is 1. The molecule has 35 heavy (non-hydrogen) atoms. The predicted octanol–water partition coefficient (Wildman–Crippen LogP) is 5.68. The second-order valence-electron chi connectivity index (χ2n) is 12.2. The number of hydrogen-bond acceptors (Lipinski definition) is 6. The van der Waals surface area contributed by atoms with Crippen molar-refractivity contribution in [1.29, 1.82) is 0 Å². The van der Waals surface area contributed by atoms with Gasteiger partial charge in [-0.25, -0.2) is 0 Å². The second-order valence-corrected chi connectivity index (χ2v) is 13.5. The maximum Gasteiger partial charge on any atom is 0.304 e. The maximum atomic E-state index is 13.5. The number of rotatable bonds is 9. The average Bonchev–Trinajstić information content (AvgIpc) is 3.20. The molecule has 0 aromatic carbocycles. The summed E-state index contributed by atoms with van der Waals surface area (Å²) < 4.78 is 11.8. The van der Waals surface area contributed by atoms with Crippen molar-refractivity contribution in [2.45, 2.75) is 106 Å². The van der Waals surface area contributed by atoms with Crippen LogP contribution in [0.5, 0.6) is 5.88 Å². The SMILES string of the molecule is O=C(O)CC1(COc2noc(C(=O)NC3C4CC5CC(C4)CC3C5)c2SC2CCCCC2)CCC1. The van der Waals surface area contributed by atoms with Crippen LogP contribution >= 0.6 is 11.8 Å². The second kappa shape index (κ2) is 9.64. The third kappa shape index (κ3) is 4.84. The Morgan fingerprint density at radius 2 is 1.71 bits per heavy atom. The van der Waals surface area contributed by atoms with Crippen LogP contribution in [0.15, 0.2) is 9.42 Å². The van der Waals surface area contributed by atoms with Crippen LogP contribution in [0.1, 0.15) is 100 Å². The van der Waals surface area contributed by atoms with Crippen molar-refractivity contribution in [2.24, 2.45) is 29.1 Å². The minimum atomic E-state index is -0.791. The van der Waals surface area contributed by atoms with Gasteiger partial charge in [0.05, 0.1) is 13.0 Å². The van der Waals surface area contributed by atoms with Gasteiger partial charge >= 0.3 is 5.97 Å². The van der Waals surface area contributed by atoms with Gasteiger partial charge in [0.25, 0.3) is 11.8 Å². The number of nitrogens with one attached hydrogen (secondary N) is 1. The van der Waals surface area contributed by atoms with Crippen LogP contribution in [0, 0.1) is 29.1 Å². The molecule has 0 unspecified atom stereocenters. The highest BCUT2D eigenvalue weighted by atomic mass is 32.2. The quantitative estimate of drug-likeness (QED) is 0.448. The van der Waals surface area contributed by atoms with Crippen molar-refractivity contribution in [3.05, 3.63) is 5.76 Å². The van der Waals surface area contributed by atoms with Crippen LogP contribution in [0.2, 0.25) is 0 Å². The zero-order valence-electron chi connectivity index (χ0n) is 20.5. The Morgan fingerprint density at radius 3 is 2.31 bits per heavy atom. The summed E-state index contributed by atoms with van der Waals surface area (Å²) >= 11 is 1.68. The molecule has 0 aliphatic heterocycles. The number of thioether (sulfide) groups is 1. The van der Waals surface area contributed by atoms with E-state index < -0.39 is 5.97 Å². The van der Waals surface area contributed by atoms with Crippen molar-refractivity contribution in [2.75, 3.05) is 6.61 Å². The smallest absolute Gasteiger partial charge is 0.304 e. The Balaban J connectivity index is 1.19. The molecule has 6 saturated carbocycles. The molecule has 1 aromatic heterocycles. The van der Waals surface area contributed by atoms with Gasteiger partial charge in [0.1, 0.15) is 4.90 Å². The summed E-state index contributed by atoms with van der Waals surface area (Å²) in [6, 6.07) is 0.242. The Morgan fingerprint density at radius 1 is 1.03 bits per heavy atom. The van der Waals surface area contributed by atoms with E-state index in [0.717, 1.165) is 43.9 Å². The molecule has 8 heteroatoms. The van der Waals surface area contributed by atoms with Gasteiger partial charge in [-0.15, -0.1) is 11.8 Å². The first-order valence-corrected chi connectivity index (χ1v) is 14.7. The largest absolute Gasteiger partial charge is 0.481 e. The van der Waals surface area contributed by atoms with Crippen LogP contribution in [-0.2, 0) is 4.79 Å². The summed E-state index contributed by atoms with van der Waals surface area (Å²) in [6.45, 7) is 0.306. The molecule has 7 nitrogen and oxygen atoms in total. The molecule has 1 heterocycles. The summed E-state index contributed by atoms with van der Waals surface area (Å²) in [4.78, 5) is 25.6. The molecule has 4 bridgehead atoms. The van der Waals surface area contributed by atoms with Crippen molar-refractivity contribution in [3.63, 3.8) is 0 Å².